The molecule has 0 saturated heterocycles. The first-order chi connectivity index (χ1) is 20.4. The number of rotatable bonds is 8. The van der Waals surface area contributed by atoms with Crippen molar-refractivity contribution in [1.29, 1.82) is 0 Å². The second-order valence-electron chi connectivity index (χ2n) is 11.2. The van der Waals surface area contributed by atoms with Crippen molar-refractivity contribution in [1.82, 2.24) is 29.1 Å². The summed E-state index contributed by atoms with van der Waals surface area (Å²) in [5.41, 5.74) is -0.124. The van der Waals surface area contributed by atoms with Gasteiger partial charge in [0.1, 0.15) is 11.6 Å². The third-order valence-corrected chi connectivity index (χ3v) is 9.66. The largest absolute Gasteiger partial charge is 0.416 e. The molecule has 2 fully saturated rings. The molecular formula is C28H29F3N8O3S. The molecule has 2 aliphatic carbocycles. The van der Waals surface area contributed by atoms with Crippen molar-refractivity contribution in [2.45, 2.75) is 68.5 Å². The first-order valence-corrected chi connectivity index (χ1v) is 15.3. The summed E-state index contributed by atoms with van der Waals surface area (Å²) >= 11 is 0. The molecule has 2 saturated carbocycles. The molecule has 6 rings (SSSR count). The summed E-state index contributed by atoms with van der Waals surface area (Å²) < 4.78 is 66.3. The third-order valence-electron chi connectivity index (χ3n) is 7.63. The fourth-order valence-electron chi connectivity index (χ4n) is 4.98. The van der Waals surface area contributed by atoms with E-state index in [0.29, 0.717) is 67.0 Å². The molecule has 43 heavy (non-hydrogen) atoms. The van der Waals surface area contributed by atoms with Gasteiger partial charge < -0.3 is 15.7 Å². The van der Waals surface area contributed by atoms with Gasteiger partial charge in [-0.15, -0.1) is 0 Å². The summed E-state index contributed by atoms with van der Waals surface area (Å²) in [5, 5.41) is 20.5. The van der Waals surface area contributed by atoms with Crippen LogP contribution < -0.4 is 10.6 Å². The standard InChI is InChI=1S/C28H29F3N8O3S/c1-27(40)8-4-19(5-9-27)36-23-13-25(34-15-21(23)22-12-18(6-10-32-22)28(29,30)31)37-24-7-11-33-26(38-24)17-14-35-39(16-17)43(41,42)20-2-3-20/h6-7,10-16,19-20,40H,2-5,8-9H2,1H3,(H2,33,34,36,37,38). The van der Waals surface area contributed by atoms with Gasteiger partial charge in [-0.05, 0) is 63.6 Å². The van der Waals surface area contributed by atoms with Gasteiger partial charge in [0, 0.05) is 41.9 Å². The van der Waals surface area contributed by atoms with E-state index < -0.39 is 32.6 Å². The Morgan fingerprint density at radius 2 is 1.74 bits per heavy atom. The summed E-state index contributed by atoms with van der Waals surface area (Å²) in [4.78, 5) is 17.3. The van der Waals surface area contributed by atoms with Crippen molar-refractivity contribution in [2.24, 2.45) is 0 Å². The van der Waals surface area contributed by atoms with Crippen molar-refractivity contribution in [3.8, 4) is 22.6 Å². The summed E-state index contributed by atoms with van der Waals surface area (Å²) in [7, 11) is -3.54. The quantitative estimate of drug-likeness (QED) is 0.248. The lowest BCUT2D eigenvalue weighted by Crippen LogP contribution is -2.35. The molecule has 0 aromatic carbocycles. The number of pyridine rings is 2. The molecule has 0 amide bonds. The van der Waals surface area contributed by atoms with Gasteiger partial charge in [-0.25, -0.2) is 23.4 Å². The molecule has 226 valence electrons. The Balaban J connectivity index is 1.28. The lowest BCUT2D eigenvalue weighted by Gasteiger charge is -2.34. The van der Waals surface area contributed by atoms with Crippen LogP contribution >= 0.6 is 0 Å². The Bertz CT molecular complexity index is 1750. The van der Waals surface area contributed by atoms with Crippen LogP contribution in [0.2, 0.25) is 0 Å². The SMILES string of the molecule is CC1(O)CCC(Nc2cc(Nc3ccnc(-c4cnn(S(=O)(=O)C5CC5)c4)n3)ncc2-c2cc(C(F)(F)F)ccn2)CC1. The molecule has 0 aliphatic heterocycles. The highest BCUT2D eigenvalue weighted by atomic mass is 32.2. The minimum Gasteiger partial charge on any atom is -0.390 e. The number of hydrogen-bond donors (Lipinski definition) is 3. The fourth-order valence-corrected chi connectivity index (χ4v) is 6.46. The van der Waals surface area contributed by atoms with Crippen LogP contribution in [0.3, 0.4) is 0 Å². The highest BCUT2D eigenvalue weighted by Gasteiger charge is 2.38. The molecule has 3 N–H and O–H groups in total. The van der Waals surface area contributed by atoms with Crippen LogP contribution in [-0.4, -0.2) is 59.5 Å². The summed E-state index contributed by atoms with van der Waals surface area (Å²) in [6.07, 6.45) is 6.05. The van der Waals surface area contributed by atoms with Crippen LogP contribution in [0.5, 0.6) is 0 Å². The van der Waals surface area contributed by atoms with Crippen molar-refractivity contribution in [3.63, 3.8) is 0 Å². The molecule has 0 atom stereocenters. The van der Waals surface area contributed by atoms with Gasteiger partial charge >= 0.3 is 6.18 Å². The van der Waals surface area contributed by atoms with Gasteiger partial charge in [0.2, 0.25) is 0 Å². The van der Waals surface area contributed by atoms with Crippen LogP contribution in [-0.2, 0) is 16.2 Å². The number of aliphatic hydroxyl groups is 1. The van der Waals surface area contributed by atoms with Crippen LogP contribution in [0, 0.1) is 0 Å². The maximum absolute atomic E-state index is 13.4. The molecular weight excluding hydrogens is 585 g/mol. The number of aromatic nitrogens is 6. The van der Waals surface area contributed by atoms with E-state index in [4.69, 9.17) is 0 Å². The van der Waals surface area contributed by atoms with Gasteiger partial charge in [0.25, 0.3) is 10.0 Å². The Morgan fingerprint density at radius 1 is 1.00 bits per heavy atom. The molecule has 15 heteroatoms. The van der Waals surface area contributed by atoms with Crippen LogP contribution in [0.4, 0.5) is 30.5 Å². The molecule has 0 radical (unpaired) electrons. The Hall–Kier alpha value is -4.11. The van der Waals surface area contributed by atoms with Gasteiger partial charge in [-0.3, -0.25) is 4.98 Å². The summed E-state index contributed by atoms with van der Waals surface area (Å²) in [6, 6.07) is 5.16. The zero-order valence-corrected chi connectivity index (χ0v) is 23.9. The second-order valence-corrected chi connectivity index (χ2v) is 13.3. The molecule has 4 aromatic rings. The fraction of sp³-hybridized carbons (Fsp3) is 0.393. The van der Waals surface area contributed by atoms with Crippen LogP contribution in [0.1, 0.15) is 51.0 Å². The van der Waals surface area contributed by atoms with Crippen molar-refractivity contribution >= 4 is 27.3 Å². The smallest absolute Gasteiger partial charge is 0.390 e. The average molecular weight is 615 g/mol. The highest BCUT2D eigenvalue weighted by Crippen LogP contribution is 2.36. The molecule has 0 bridgehead atoms. The Labute approximate surface area is 245 Å². The van der Waals surface area contributed by atoms with E-state index in [2.05, 4.69) is 35.7 Å². The maximum Gasteiger partial charge on any atom is 0.416 e. The normalized spacial score (nSPS) is 21.0. The van der Waals surface area contributed by atoms with Gasteiger partial charge in [0.05, 0.1) is 40.1 Å². The Morgan fingerprint density at radius 3 is 2.47 bits per heavy atom. The minimum absolute atomic E-state index is 0.0193. The van der Waals surface area contributed by atoms with E-state index in [1.165, 1.54) is 24.8 Å². The zero-order chi connectivity index (χ0) is 30.4. The average Bonchev–Trinajstić information content (AvgIpc) is 3.71. The van der Waals surface area contributed by atoms with E-state index >= 15 is 0 Å². The number of anilines is 3. The lowest BCUT2D eigenvalue weighted by molar-refractivity contribution is -0.137. The number of nitrogens with one attached hydrogen (secondary N) is 2. The molecule has 0 unspecified atom stereocenters. The predicted octanol–water partition coefficient (Wildman–Crippen LogP) is 5.01. The molecule has 11 nitrogen and oxygen atoms in total. The topological polar surface area (TPSA) is 148 Å². The predicted molar refractivity (Wildman–Crippen MR) is 153 cm³/mol. The Kier molecular flexibility index (Phi) is 7.32. The van der Waals surface area contributed by atoms with E-state index in [1.54, 1.807) is 19.1 Å². The van der Waals surface area contributed by atoms with Crippen LogP contribution in [0.15, 0.2) is 55.2 Å². The number of halogens is 3. The second kappa shape index (κ2) is 10.9. The first-order valence-electron chi connectivity index (χ1n) is 13.8. The van der Waals surface area contributed by atoms with Crippen molar-refractivity contribution in [2.75, 3.05) is 10.6 Å². The van der Waals surface area contributed by atoms with Gasteiger partial charge in [0.15, 0.2) is 5.82 Å². The molecule has 4 aromatic heterocycles. The number of nitrogens with zero attached hydrogens (tertiary/aromatic N) is 6. The van der Waals surface area contributed by atoms with Crippen molar-refractivity contribution < 1.29 is 26.7 Å². The first kappa shape index (κ1) is 29.0. The molecule has 2 aliphatic rings. The number of alkyl halides is 3. The minimum atomic E-state index is -4.53. The maximum atomic E-state index is 13.4. The van der Waals surface area contributed by atoms with E-state index in [-0.39, 0.29) is 17.6 Å². The van der Waals surface area contributed by atoms with Crippen molar-refractivity contribution in [3.05, 3.63) is 60.8 Å². The molecule has 4 heterocycles. The monoisotopic (exact) mass is 614 g/mol. The van der Waals surface area contributed by atoms with E-state index in [0.717, 1.165) is 22.4 Å². The van der Waals surface area contributed by atoms with Gasteiger partial charge in [-0.2, -0.15) is 22.4 Å². The summed E-state index contributed by atoms with van der Waals surface area (Å²) in [6.45, 7) is 1.79. The highest BCUT2D eigenvalue weighted by molar-refractivity contribution is 7.90. The molecule has 0 spiro atoms. The number of hydrogen-bond acceptors (Lipinski definition) is 10. The zero-order valence-electron chi connectivity index (χ0n) is 23.1. The van der Waals surface area contributed by atoms with Crippen LogP contribution in [0.25, 0.3) is 22.6 Å². The third kappa shape index (κ3) is 6.46. The van der Waals surface area contributed by atoms with E-state index in [9.17, 15) is 26.7 Å². The summed E-state index contributed by atoms with van der Waals surface area (Å²) in [5.74, 6) is 0.970. The lowest BCUT2D eigenvalue weighted by atomic mass is 9.83. The van der Waals surface area contributed by atoms with E-state index in [1.807, 2.05) is 0 Å². The van der Waals surface area contributed by atoms with Gasteiger partial charge in [-0.1, -0.05) is 0 Å².